The van der Waals surface area contributed by atoms with Gasteiger partial charge in [0.25, 0.3) is 0 Å². The number of rotatable bonds is 0. The van der Waals surface area contributed by atoms with Gasteiger partial charge in [-0.25, -0.2) is 4.99 Å². The van der Waals surface area contributed by atoms with Crippen LogP contribution in [0.4, 0.5) is 0 Å². The summed E-state index contributed by atoms with van der Waals surface area (Å²) in [5, 5.41) is 0. The van der Waals surface area contributed by atoms with Gasteiger partial charge in [-0.05, 0) is 13.8 Å². The number of nitrogens with two attached hydrogens (primary N) is 1. The zero-order chi connectivity index (χ0) is 5.44. The van der Waals surface area contributed by atoms with E-state index < -0.39 is 0 Å². The zero-order valence-electron chi connectivity index (χ0n) is 4.52. The summed E-state index contributed by atoms with van der Waals surface area (Å²) < 4.78 is 0. The summed E-state index contributed by atoms with van der Waals surface area (Å²) in [6.07, 6.45) is 0. The van der Waals surface area contributed by atoms with Crippen LogP contribution in [0.2, 0.25) is 0 Å². The molecule has 0 aliphatic carbocycles. The molecule has 2 nitrogen and oxygen atoms in total. The Balaban J connectivity index is 2.73. The molecule has 0 spiro atoms. The van der Waals surface area contributed by atoms with E-state index in [9.17, 15) is 0 Å². The van der Waals surface area contributed by atoms with Crippen LogP contribution in [0.3, 0.4) is 0 Å². The number of nitrogens with zero attached hydrogens (tertiary/aromatic N) is 1. The molecule has 0 saturated carbocycles. The second-order valence-corrected chi connectivity index (χ2v) is 1.71. The molecule has 2 heteroatoms. The highest BCUT2D eigenvalue weighted by Gasteiger charge is 2.08. The van der Waals surface area contributed by atoms with Gasteiger partial charge in [0.15, 0.2) is 0 Å². The topological polar surface area (TPSA) is 38.4 Å². The van der Waals surface area contributed by atoms with Crippen LogP contribution in [0, 0.1) is 0 Å². The van der Waals surface area contributed by atoms with Crippen LogP contribution in [0.15, 0.2) is 16.3 Å². The van der Waals surface area contributed by atoms with Gasteiger partial charge in [0, 0.05) is 11.3 Å². The van der Waals surface area contributed by atoms with Crippen LogP contribution < -0.4 is 5.73 Å². The van der Waals surface area contributed by atoms with Crippen molar-refractivity contribution < 1.29 is 0 Å². The predicted octanol–water partition coefficient (Wildman–Crippen LogP) is 0.651. The van der Waals surface area contributed by atoms with E-state index in [0.717, 1.165) is 11.3 Å². The fraction of sp³-hybridized carbons (Fsp3) is 0.400. The van der Waals surface area contributed by atoms with E-state index in [1.165, 1.54) is 0 Å². The third-order valence-electron chi connectivity index (χ3n) is 1.22. The summed E-state index contributed by atoms with van der Waals surface area (Å²) >= 11 is 0. The van der Waals surface area contributed by atoms with Gasteiger partial charge in [-0.3, -0.25) is 0 Å². The van der Waals surface area contributed by atoms with Gasteiger partial charge in [-0.2, -0.15) is 0 Å². The maximum Gasteiger partial charge on any atom is 0.128 e. The molecule has 0 atom stereocenters. The summed E-state index contributed by atoms with van der Waals surface area (Å²) in [4.78, 5) is 3.88. The minimum atomic E-state index is 0.692. The molecule has 1 aliphatic rings. The monoisotopic (exact) mass is 96.1 g/mol. The molecule has 38 valence electrons. The van der Waals surface area contributed by atoms with Gasteiger partial charge >= 0.3 is 0 Å². The molecular formula is C5H8N2. The van der Waals surface area contributed by atoms with Crippen LogP contribution in [0.25, 0.3) is 0 Å². The van der Waals surface area contributed by atoms with Gasteiger partial charge in [-0.1, -0.05) is 0 Å². The lowest BCUT2D eigenvalue weighted by atomic mass is 10.1. The molecule has 0 fully saturated rings. The van der Waals surface area contributed by atoms with E-state index in [-0.39, 0.29) is 0 Å². The molecule has 0 aromatic carbocycles. The van der Waals surface area contributed by atoms with E-state index in [0.29, 0.717) is 5.84 Å². The van der Waals surface area contributed by atoms with Crippen molar-refractivity contribution >= 4 is 5.84 Å². The molecule has 1 rings (SSSR count). The zero-order valence-corrected chi connectivity index (χ0v) is 4.52. The Labute approximate surface area is 42.7 Å². The molecular weight excluding hydrogens is 88.1 g/mol. The fourth-order valence-electron chi connectivity index (χ4n) is 0.481. The minimum Gasteiger partial charge on any atom is -0.383 e. The van der Waals surface area contributed by atoms with Crippen LogP contribution in [-0.2, 0) is 0 Å². The first-order valence-electron chi connectivity index (χ1n) is 2.24. The maximum absolute atomic E-state index is 5.30. The molecule has 1 heterocycles. The summed E-state index contributed by atoms with van der Waals surface area (Å²) in [5.41, 5.74) is 7.51. The van der Waals surface area contributed by atoms with Gasteiger partial charge in [0.05, 0.1) is 0 Å². The number of aliphatic imine (C=N–C) groups is 1. The summed E-state index contributed by atoms with van der Waals surface area (Å²) in [7, 11) is 0. The lowest BCUT2D eigenvalue weighted by Crippen LogP contribution is -2.20. The SMILES string of the molecule is CC1=C(C)C(N)=N1. The average molecular weight is 96.1 g/mol. The van der Waals surface area contributed by atoms with E-state index in [1.807, 2.05) is 13.8 Å². The van der Waals surface area contributed by atoms with Crippen molar-refractivity contribution in [3.8, 4) is 0 Å². The summed E-state index contributed by atoms with van der Waals surface area (Å²) in [6.45, 7) is 3.92. The first-order chi connectivity index (χ1) is 3.22. The molecule has 7 heavy (non-hydrogen) atoms. The largest absolute Gasteiger partial charge is 0.383 e. The van der Waals surface area contributed by atoms with E-state index >= 15 is 0 Å². The molecule has 0 unspecified atom stereocenters. The van der Waals surface area contributed by atoms with E-state index in [4.69, 9.17) is 5.73 Å². The number of allylic oxidation sites excluding steroid dienone is 1. The van der Waals surface area contributed by atoms with E-state index in [1.54, 1.807) is 0 Å². The summed E-state index contributed by atoms with van der Waals surface area (Å²) in [5.74, 6) is 0.692. The molecule has 0 aromatic heterocycles. The fourth-order valence-corrected chi connectivity index (χ4v) is 0.481. The Bertz CT molecular complexity index is 153. The smallest absolute Gasteiger partial charge is 0.128 e. The van der Waals surface area contributed by atoms with Crippen LogP contribution in [0.1, 0.15) is 13.8 Å². The molecule has 2 N–H and O–H groups in total. The third-order valence-corrected chi connectivity index (χ3v) is 1.22. The maximum atomic E-state index is 5.30. The molecule has 0 bridgehead atoms. The minimum absolute atomic E-state index is 0.692. The van der Waals surface area contributed by atoms with Gasteiger partial charge in [0.2, 0.25) is 0 Å². The third kappa shape index (κ3) is 0.427. The average Bonchev–Trinajstić information content (AvgIpc) is 1.68. The Hall–Kier alpha value is -0.790. The molecule has 0 radical (unpaired) electrons. The highest BCUT2D eigenvalue weighted by molar-refractivity contribution is 6.02. The quantitative estimate of drug-likeness (QED) is 0.472. The highest BCUT2D eigenvalue weighted by Crippen LogP contribution is 2.13. The predicted molar refractivity (Wildman–Crippen MR) is 30.0 cm³/mol. The molecule has 0 amide bonds. The first-order valence-corrected chi connectivity index (χ1v) is 2.24. The molecule has 0 aromatic rings. The lowest BCUT2D eigenvalue weighted by Gasteiger charge is -2.11. The Morgan fingerprint density at radius 1 is 1.43 bits per heavy atom. The number of hydrogen-bond donors (Lipinski definition) is 1. The Morgan fingerprint density at radius 2 is 2.00 bits per heavy atom. The molecule has 1 aliphatic heterocycles. The lowest BCUT2D eigenvalue weighted by molar-refractivity contribution is 1.16. The van der Waals surface area contributed by atoms with Crippen LogP contribution >= 0.6 is 0 Å². The number of amidine groups is 1. The van der Waals surface area contributed by atoms with Crippen molar-refractivity contribution in [2.75, 3.05) is 0 Å². The number of hydrogen-bond acceptors (Lipinski definition) is 2. The first kappa shape index (κ1) is 4.37. The Kier molecular flexibility index (Phi) is 0.680. The van der Waals surface area contributed by atoms with Crippen LogP contribution in [0.5, 0.6) is 0 Å². The van der Waals surface area contributed by atoms with Crippen molar-refractivity contribution in [1.29, 1.82) is 0 Å². The van der Waals surface area contributed by atoms with Crippen LogP contribution in [-0.4, -0.2) is 5.84 Å². The van der Waals surface area contributed by atoms with Gasteiger partial charge < -0.3 is 5.73 Å². The second kappa shape index (κ2) is 1.09. The highest BCUT2D eigenvalue weighted by atomic mass is 14.9. The van der Waals surface area contributed by atoms with Crippen molar-refractivity contribution in [3.05, 3.63) is 11.3 Å². The Morgan fingerprint density at radius 3 is 2.00 bits per heavy atom. The van der Waals surface area contributed by atoms with E-state index in [2.05, 4.69) is 4.99 Å². The van der Waals surface area contributed by atoms with Crippen molar-refractivity contribution in [3.63, 3.8) is 0 Å². The standard InChI is InChI=1S/C5H8N2/c1-3-4(2)7-5(3)6/h1-2H3,(H2,6,7). The van der Waals surface area contributed by atoms with Gasteiger partial charge in [0.1, 0.15) is 5.84 Å². The van der Waals surface area contributed by atoms with Crippen molar-refractivity contribution in [1.82, 2.24) is 0 Å². The van der Waals surface area contributed by atoms with Crippen molar-refractivity contribution in [2.45, 2.75) is 13.8 Å². The second-order valence-electron chi connectivity index (χ2n) is 1.71. The summed E-state index contributed by atoms with van der Waals surface area (Å²) in [6, 6.07) is 0. The normalized spacial score (nSPS) is 18.9. The van der Waals surface area contributed by atoms with Gasteiger partial charge in [-0.15, -0.1) is 0 Å². The van der Waals surface area contributed by atoms with Crippen molar-refractivity contribution in [2.24, 2.45) is 10.7 Å². The molecule has 0 saturated heterocycles.